The monoisotopic (exact) mass is 477 g/mol. The zero-order valence-corrected chi connectivity index (χ0v) is 18.5. The van der Waals surface area contributed by atoms with E-state index in [1.54, 1.807) is 0 Å². The highest BCUT2D eigenvalue weighted by Crippen LogP contribution is 2.29. The number of hydrogen-bond donors (Lipinski definition) is 0. The van der Waals surface area contributed by atoms with E-state index in [-0.39, 0.29) is 27.7 Å². The number of carbonyl (C=O) groups is 2. The van der Waals surface area contributed by atoms with Crippen LogP contribution in [0, 0.1) is 10.6 Å². The molecule has 30 heavy (non-hydrogen) atoms. The fourth-order valence-electron chi connectivity index (χ4n) is 2.31. The van der Waals surface area contributed by atoms with Crippen LogP contribution in [0.1, 0.15) is 6.42 Å². The first-order valence-electron chi connectivity index (χ1n) is 8.32. The highest BCUT2D eigenvalue weighted by Gasteiger charge is 2.18. The standard InChI is InChI=1S/C17H17ClFN3O6S2/c1-20-15(25)22(16(26)21(2)17(20)29)11-7-12(9(18)6-10(11)19)28-8-14(24)30-5-4-13(23)27-3/h6-7H,4-5,8H2,1-3H3. The van der Waals surface area contributed by atoms with Gasteiger partial charge < -0.3 is 9.47 Å². The van der Waals surface area contributed by atoms with Crippen LogP contribution in [0.3, 0.4) is 0 Å². The van der Waals surface area contributed by atoms with Crippen molar-refractivity contribution in [2.45, 2.75) is 6.42 Å². The number of rotatable bonds is 7. The van der Waals surface area contributed by atoms with Gasteiger partial charge in [-0.15, -0.1) is 0 Å². The Hall–Kier alpha value is -2.44. The van der Waals surface area contributed by atoms with Crippen LogP contribution in [0.5, 0.6) is 5.75 Å². The summed E-state index contributed by atoms with van der Waals surface area (Å²) in [6.07, 6.45) is 0.0520. The molecule has 0 spiro atoms. The molecule has 1 aromatic carbocycles. The number of esters is 1. The molecule has 0 saturated heterocycles. The van der Waals surface area contributed by atoms with Gasteiger partial charge in [-0.1, -0.05) is 23.4 Å². The Bertz CT molecular complexity index is 1130. The van der Waals surface area contributed by atoms with Gasteiger partial charge in [0.25, 0.3) is 0 Å². The third-order valence-electron chi connectivity index (χ3n) is 3.91. The molecule has 0 aliphatic carbocycles. The van der Waals surface area contributed by atoms with Crippen molar-refractivity contribution in [3.05, 3.63) is 48.7 Å². The van der Waals surface area contributed by atoms with Crippen LogP contribution in [0.4, 0.5) is 4.39 Å². The molecular formula is C17H17ClFN3O6S2. The smallest absolute Gasteiger partial charge is 0.338 e. The maximum absolute atomic E-state index is 14.5. The molecule has 0 bridgehead atoms. The Morgan fingerprint density at radius 1 is 1.20 bits per heavy atom. The van der Waals surface area contributed by atoms with E-state index in [1.165, 1.54) is 21.2 Å². The third kappa shape index (κ3) is 5.18. The van der Waals surface area contributed by atoms with Crippen molar-refractivity contribution in [3.8, 4) is 11.4 Å². The summed E-state index contributed by atoms with van der Waals surface area (Å²) in [7, 11) is 3.93. The average Bonchev–Trinajstić information content (AvgIpc) is 2.71. The van der Waals surface area contributed by atoms with Crippen LogP contribution < -0.4 is 16.1 Å². The van der Waals surface area contributed by atoms with Gasteiger partial charge in [0.1, 0.15) is 11.6 Å². The molecule has 13 heteroatoms. The molecule has 9 nitrogen and oxygen atoms in total. The van der Waals surface area contributed by atoms with E-state index in [4.69, 9.17) is 28.6 Å². The molecule has 0 amide bonds. The number of hydrogen-bond acceptors (Lipinski definition) is 8. The second-order valence-corrected chi connectivity index (χ2v) is 7.80. The van der Waals surface area contributed by atoms with E-state index in [9.17, 15) is 23.6 Å². The molecule has 2 rings (SSSR count). The van der Waals surface area contributed by atoms with E-state index in [0.717, 1.165) is 33.0 Å². The Balaban J connectivity index is 2.31. The molecule has 2 aromatic rings. The van der Waals surface area contributed by atoms with Crippen molar-refractivity contribution >= 4 is 46.7 Å². The summed E-state index contributed by atoms with van der Waals surface area (Å²) in [6, 6.07) is 1.92. The number of ether oxygens (including phenoxy) is 2. The van der Waals surface area contributed by atoms with Gasteiger partial charge in [-0.2, -0.15) is 0 Å². The summed E-state index contributed by atoms with van der Waals surface area (Å²) in [5, 5.41) is -0.562. The highest BCUT2D eigenvalue weighted by atomic mass is 35.5. The van der Waals surface area contributed by atoms with Crippen LogP contribution in [0.15, 0.2) is 21.7 Å². The van der Waals surface area contributed by atoms with Crippen LogP contribution >= 0.6 is 35.6 Å². The Morgan fingerprint density at radius 2 is 1.80 bits per heavy atom. The van der Waals surface area contributed by atoms with Gasteiger partial charge in [-0.05, 0) is 18.3 Å². The molecule has 0 saturated carbocycles. The molecule has 0 aliphatic rings. The van der Waals surface area contributed by atoms with Gasteiger partial charge in [0, 0.05) is 25.9 Å². The lowest BCUT2D eigenvalue weighted by Crippen LogP contribution is -2.43. The lowest BCUT2D eigenvalue weighted by Gasteiger charge is -2.13. The molecule has 0 aliphatic heterocycles. The highest BCUT2D eigenvalue weighted by molar-refractivity contribution is 8.13. The summed E-state index contributed by atoms with van der Waals surface area (Å²) < 4.78 is 26.9. The zero-order chi connectivity index (χ0) is 22.6. The largest absolute Gasteiger partial charge is 0.483 e. The minimum Gasteiger partial charge on any atom is -0.483 e. The number of methoxy groups -OCH3 is 1. The Labute approximate surface area is 184 Å². The van der Waals surface area contributed by atoms with Crippen LogP contribution in [-0.2, 0) is 28.4 Å². The van der Waals surface area contributed by atoms with Crippen molar-refractivity contribution in [1.29, 1.82) is 0 Å². The van der Waals surface area contributed by atoms with Gasteiger partial charge in [0.15, 0.2) is 11.4 Å². The van der Waals surface area contributed by atoms with Crippen molar-refractivity contribution in [2.75, 3.05) is 19.5 Å². The molecule has 1 aromatic heterocycles. The van der Waals surface area contributed by atoms with E-state index in [1.807, 2.05) is 0 Å². The zero-order valence-electron chi connectivity index (χ0n) is 16.1. The van der Waals surface area contributed by atoms with Gasteiger partial charge >= 0.3 is 17.3 Å². The van der Waals surface area contributed by atoms with Gasteiger partial charge in [-0.25, -0.2) is 18.5 Å². The van der Waals surface area contributed by atoms with Crippen molar-refractivity contribution in [1.82, 2.24) is 13.7 Å². The fraction of sp³-hybridized carbons (Fsp3) is 0.353. The Morgan fingerprint density at radius 3 is 2.37 bits per heavy atom. The maximum Gasteiger partial charge on any atom is 0.338 e. The van der Waals surface area contributed by atoms with Gasteiger partial charge in [-0.3, -0.25) is 18.7 Å². The van der Waals surface area contributed by atoms with Gasteiger partial charge in [0.2, 0.25) is 5.12 Å². The molecule has 162 valence electrons. The number of thioether (sulfide) groups is 1. The number of benzene rings is 1. The maximum atomic E-state index is 14.5. The summed E-state index contributed by atoms with van der Waals surface area (Å²) in [5.74, 6) is -1.30. The molecule has 0 atom stereocenters. The Kier molecular flexibility index (Phi) is 7.98. The van der Waals surface area contributed by atoms with E-state index in [2.05, 4.69) is 4.74 Å². The third-order valence-corrected chi connectivity index (χ3v) is 5.61. The molecular weight excluding hydrogens is 461 g/mol. The van der Waals surface area contributed by atoms with Crippen molar-refractivity contribution in [3.63, 3.8) is 0 Å². The fourth-order valence-corrected chi connectivity index (χ4v) is 3.31. The average molecular weight is 478 g/mol. The molecule has 0 N–H and O–H groups in total. The van der Waals surface area contributed by atoms with Crippen LogP contribution in [0.25, 0.3) is 5.69 Å². The number of carbonyl (C=O) groups excluding carboxylic acids is 2. The first-order chi connectivity index (χ1) is 14.1. The lowest BCUT2D eigenvalue weighted by molar-refractivity contribution is -0.140. The summed E-state index contributed by atoms with van der Waals surface area (Å²) in [6.45, 7) is -0.428. The predicted octanol–water partition coefficient (Wildman–Crippen LogP) is 1.60. The summed E-state index contributed by atoms with van der Waals surface area (Å²) in [4.78, 5) is 47.9. The molecule has 0 radical (unpaired) electrons. The number of halogens is 2. The van der Waals surface area contributed by atoms with E-state index < -0.39 is 40.6 Å². The quantitative estimate of drug-likeness (QED) is 0.438. The SMILES string of the molecule is COC(=O)CCSC(=O)COc1cc(-n2c(=O)n(C)c(=S)n(C)c2=O)c(F)cc1Cl. The molecule has 0 unspecified atom stereocenters. The van der Waals surface area contributed by atoms with E-state index >= 15 is 0 Å². The van der Waals surface area contributed by atoms with Crippen LogP contribution in [0.2, 0.25) is 5.02 Å². The molecule has 0 fully saturated rings. The van der Waals surface area contributed by atoms with Crippen molar-refractivity contribution in [2.24, 2.45) is 14.1 Å². The summed E-state index contributed by atoms with van der Waals surface area (Å²) in [5.41, 5.74) is -2.12. The predicted molar refractivity (Wildman–Crippen MR) is 112 cm³/mol. The molecule has 1 heterocycles. The van der Waals surface area contributed by atoms with E-state index in [0.29, 0.717) is 4.57 Å². The summed E-state index contributed by atoms with van der Waals surface area (Å²) >= 11 is 11.8. The minimum atomic E-state index is -0.942. The first kappa shape index (κ1) is 23.8. The lowest BCUT2D eigenvalue weighted by atomic mass is 10.2. The second kappa shape index (κ2) is 10.0. The van der Waals surface area contributed by atoms with Crippen LogP contribution in [-0.4, -0.2) is 44.3 Å². The first-order valence-corrected chi connectivity index (χ1v) is 10.1. The second-order valence-electron chi connectivity index (χ2n) is 5.87. The number of aromatic nitrogens is 3. The van der Waals surface area contributed by atoms with Crippen molar-refractivity contribution < 1.29 is 23.5 Å². The van der Waals surface area contributed by atoms with Gasteiger partial charge in [0.05, 0.1) is 24.2 Å². The number of nitrogens with zero attached hydrogens (tertiary/aromatic N) is 3. The topological polar surface area (TPSA) is 102 Å². The normalized spacial score (nSPS) is 10.7. The minimum absolute atomic E-state index is 0.0401.